The lowest BCUT2D eigenvalue weighted by Crippen LogP contribution is -2.52. The van der Waals surface area contributed by atoms with Gasteiger partial charge in [0.2, 0.25) is 15.7 Å². The molecule has 27 heavy (non-hydrogen) atoms. The molecule has 0 unspecified atom stereocenters. The molecule has 0 spiro atoms. The van der Waals surface area contributed by atoms with Gasteiger partial charge in [-0.25, -0.2) is 8.42 Å². The van der Waals surface area contributed by atoms with Gasteiger partial charge in [-0.15, -0.1) is 0 Å². The molecular formula is C20H22N2O4S. The Morgan fingerprint density at radius 3 is 2.41 bits per heavy atom. The Kier molecular flexibility index (Phi) is 4.82. The lowest BCUT2D eigenvalue weighted by molar-refractivity contribution is -0.121. The van der Waals surface area contributed by atoms with Crippen molar-refractivity contribution >= 4 is 27.2 Å². The minimum Gasteiger partial charge on any atom is -0.293 e. The Labute approximate surface area is 159 Å². The number of nitrogens with one attached hydrogen (secondary N) is 1. The average Bonchev–Trinajstić information content (AvgIpc) is 2.66. The first-order valence-electron chi connectivity index (χ1n) is 8.73. The number of carbonyl (C=O) groups is 2. The molecule has 1 amide bonds. The number of rotatable bonds is 4. The van der Waals surface area contributed by atoms with Crippen molar-refractivity contribution in [3.05, 3.63) is 54.1 Å². The van der Waals surface area contributed by atoms with Gasteiger partial charge in [0, 0.05) is 17.4 Å². The number of hydrogen-bond acceptors (Lipinski definition) is 5. The lowest BCUT2D eigenvalue weighted by Gasteiger charge is -2.39. The molecule has 2 aromatic carbocycles. The maximum Gasteiger partial charge on any atom is 0.238 e. The minimum atomic E-state index is -3.73. The Hall–Kier alpha value is -2.67. The molecule has 0 aromatic heterocycles. The monoisotopic (exact) mass is 386 g/mol. The quantitative estimate of drug-likeness (QED) is 0.873. The van der Waals surface area contributed by atoms with Gasteiger partial charge in [0.05, 0.1) is 22.0 Å². The topological polar surface area (TPSA) is 83.6 Å². The highest BCUT2D eigenvalue weighted by molar-refractivity contribution is 7.91. The summed E-state index contributed by atoms with van der Waals surface area (Å²) in [7, 11) is -3.73. The molecule has 0 aliphatic carbocycles. The summed E-state index contributed by atoms with van der Waals surface area (Å²) in [5.74, 6) is -0.287. The predicted octanol–water partition coefficient (Wildman–Crippen LogP) is 2.99. The second-order valence-electron chi connectivity index (χ2n) is 7.18. The molecule has 6 nitrogen and oxygen atoms in total. The number of carbonyl (C=O) groups excluding carboxylic acids is 2. The normalized spacial score (nSPS) is 16.0. The van der Waals surface area contributed by atoms with Crippen LogP contribution in [0.3, 0.4) is 0 Å². The van der Waals surface area contributed by atoms with Crippen molar-refractivity contribution in [3.63, 3.8) is 0 Å². The number of sulfone groups is 1. The molecule has 1 N–H and O–H groups in total. The van der Waals surface area contributed by atoms with Gasteiger partial charge in [0.15, 0.2) is 5.78 Å². The van der Waals surface area contributed by atoms with Crippen LogP contribution in [-0.4, -0.2) is 26.7 Å². The molecule has 2 aromatic rings. The second-order valence-corrected chi connectivity index (χ2v) is 9.13. The molecular weight excluding hydrogens is 364 g/mol. The summed E-state index contributed by atoms with van der Waals surface area (Å²) in [5, 5.41) is 1.58. The van der Waals surface area contributed by atoms with Gasteiger partial charge >= 0.3 is 0 Å². The van der Waals surface area contributed by atoms with Crippen molar-refractivity contribution in [1.29, 1.82) is 0 Å². The van der Waals surface area contributed by atoms with Gasteiger partial charge in [-0.3, -0.25) is 20.0 Å². The summed E-state index contributed by atoms with van der Waals surface area (Å²) in [6, 6.07) is 12.5. The molecule has 0 saturated carbocycles. The fourth-order valence-electron chi connectivity index (χ4n) is 3.08. The fraction of sp³-hybridized carbons (Fsp3) is 0.300. The van der Waals surface area contributed by atoms with Crippen molar-refractivity contribution in [2.75, 3.05) is 11.6 Å². The van der Waals surface area contributed by atoms with E-state index in [4.69, 9.17) is 0 Å². The van der Waals surface area contributed by atoms with Crippen LogP contribution in [0.15, 0.2) is 58.3 Å². The largest absolute Gasteiger partial charge is 0.293 e. The summed E-state index contributed by atoms with van der Waals surface area (Å²) in [5.41, 5.74) is 2.87. The Bertz CT molecular complexity index is 998. The zero-order chi connectivity index (χ0) is 19.8. The zero-order valence-electron chi connectivity index (χ0n) is 15.5. The summed E-state index contributed by atoms with van der Waals surface area (Å²) in [6.07, 6.45) is 0.280. The molecule has 1 aliphatic heterocycles. The standard InChI is InChI=1S/C20H22N2O4S/c1-4-18(23)21-22-13-20(2,3)19(24)16-11-10-15(12-17(16)22)27(25,26)14-8-6-5-7-9-14/h5-12H,4,13H2,1-3H3,(H,21,23). The van der Waals surface area contributed by atoms with Crippen molar-refractivity contribution < 1.29 is 18.0 Å². The number of ketones is 1. The highest BCUT2D eigenvalue weighted by Crippen LogP contribution is 2.37. The molecule has 0 bridgehead atoms. The van der Waals surface area contributed by atoms with Gasteiger partial charge in [-0.2, -0.15) is 0 Å². The Morgan fingerprint density at radius 2 is 1.78 bits per heavy atom. The van der Waals surface area contributed by atoms with E-state index in [1.165, 1.54) is 30.3 Å². The number of hydrogen-bond donors (Lipinski definition) is 1. The number of Topliss-reactive ketones (excluding diaryl/α,β-unsaturated/α-hetero) is 1. The van der Waals surface area contributed by atoms with E-state index in [9.17, 15) is 18.0 Å². The van der Waals surface area contributed by atoms with E-state index in [1.54, 1.807) is 44.0 Å². The highest BCUT2D eigenvalue weighted by Gasteiger charge is 2.39. The van der Waals surface area contributed by atoms with Crippen LogP contribution in [0.25, 0.3) is 0 Å². The summed E-state index contributed by atoms with van der Waals surface area (Å²) >= 11 is 0. The van der Waals surface area contributed by atoms with Crippen molar-refractivity contribution in [2.45, 2.75) is 37.0 Å². The molecule has 7 heteroatoms. The number of nitrogens with zero attached hydrogens (tertiary/aromatic N) is 1. The molecule has 1 aliphatic rings. The van der Waals surface area contributed by atoms with E-state index >= 15 is 0 Å². The molecule has 0 atom stereocenters. The third-order valence-electron chi connectivity index (χ3n) is 4.62. The van der Waals surface area contributed by atoms with E-state index in [0.717, 1.165) is 0 Å². The van der Waals surface area contributed by atoms with Gasteiger partial charge in [0.25, 0.3) is 0 Å². The fourth-order valence-corrected chi connectivity index (χ4v) is 4.38. The van der Waals surface area contributed by atoms with Crippen LogP contribution in [0.1, 0.15) is 37.6 Å². The Balaban J connectivity index is 2.12. The van der Waals surface area contributed by atoms with E-state index in [-0.39, 0.29) is 34.4 Å². The maximum atomic E-state index is 12.9. The summed E-state index contributed by atoms with van der Waals surface area (Å²) in [6.45, 7) is 5.60. The third-order valence-corrected chi connectivity index (χ3v) is 6.38. The molecule has 3 rings (SSSR count). The van der Waals surface area contributed by atoms with Gasteiger partial charge in [-0.1, -0.05) is 39.0 Å². The van der Waals surface area contributed by atoms with Crippen molar-refractivity contribution in [3.8, 4) is 0 Å². The summed E-state index contributed by atoms with van der Waals surface area (Å²) in [4.78, 5) is 25.0. The van der Waals surface area contributed by atoms with E-state index in [0.29, 0.717) is 11.3 Å². The molecule has 0 fully saturated rings. The first-order chi connectivity index (χ1) is 12.7. The van der Waals surface area contributed by atoms with E-state index in [1.807, 2.05) is 0 Å². The van der Waals surface area contributed by atoms with Crippen LogP contribution in [0.2, 0.25) is 0 Å². The Morgan fingerprint density at radius 1 is 1.11 bits per heavy atom. The molecule has 0 saturated heterocycles. The highest BCUT2D eigenvalue weighted by atomic mass is 32.2. The smallest absolute Gasteiger partial charge is 0.238 e. The first kappa shape index (κ1) is 19.1. The minimum absolute atomic E-state index is 0.0794. The van der Waals surface area contributed by atoms with Gasteiger partial charge < -0.3 is 0 Å². The predicted molar refractivity (Wildman–Crippen MR) is 102 cm³/mol. The second kappa shape index (κ2) is 6.81. The average molecular weight is 386 g/mol. The zero-order valence-corrected chi connectivity index (χ0v) is 16.3. The number of hydrazine groups is 1. The van der Waals surface area contributed by atoms with Crippen molar-refractivity contribution in [1.82, 2.24) is 5.43 Å². The van der Waals surface area contributed by atoms with Crippen LogP contribution < -0.4 is 10.4 Å². The maximum absolute atomic E-state index is 12.9. The SMILES string of the molecule is CCC(=O)NN1CC(C)(C)C(=O)c2ccc(S(=O)(=O)c3ccccc3)cc21. The van der Waals surface area contributed by atoms with Crippen LogP contribution in [0.5, 0.6) is 0 Å². The van der Waals surface area contributed by atoms with Crippen LogP contribution in [-0.2, 0) is 14.6 Å². The van der Waals surface area contributed by atoms with Crippen LogP contribution in [0.4, 0.5) is 5.69 Å². The number of benzene rings is 2. The van der Waals surface area contributed by atoms with Gasteiger partial charge in [0.1, 0.15) is 0 Å². The lowest BCUT2D eigenvalue weighted by atomic mass is 9.80. The van der Waals surface area contributed by atoms with E-state index in [2.05, 4.69) is 5.43 Å². The molecule has 1 heterocycles. The first-order valence-corrected chi connectivity index (χ1v) is 10.2. The number of amides is 1. The third kappa shape index (κ3) is 3.47. The number of anilines is 1. The van der Waals surface area contributed by atoms with Gasteiger partial charge in [-0.05, 0) is 30.3 Å². The molecule has 0 radical (unpaired) electrons. The van der Waals surface area contributed by atoms with Crippen LogP contribution >= 0.6 is 0 Å². The summed E-state index contributed by atoms with van der Waals surface area (Å²) < 4.78 is 25.8. The van der Waals surface area contributed by atoms with Crippen molar-refractivity contribution in [2.24, 2.45) is 5.41 Å². The van der Waals surface area contributed by atoms with Crippen LogP contribution in [0, 0.1) is 5.41 Å². The number of fused-ring (bicyclic) bond motifs is 1. The van der Waals surface area contributed by atoms with E-state index < -0.39 is 15.3 Å². The molecule has 142 valence electrons.